The van der Waals surface area contributed by atoms with Crippen LogP contribution in [0.15, 0.2) is 66.7 Å². The van der Waals surface area contributed by atoms with Crippen molar-refractivity contribution in [3.05, 3.63) is 93.8 Å². The van der Waals surface area contributed by atoms with Crippen LogP contribution in [-0.2, 0) is 4.74 Å². The lowest BCUT2D eigenvalue weighted by Crippen LogP contribution is -2.16. The van der Waals surface area contributed by atoms with E-state index in [9.17, 15) is 13.6 Å². The van der Waals surface area contributed by atoms with Gasteiger partial charge in [-0.2, -0.15) is 0 Å². The summed E-state index contributed by atoms with van der Waals surface area (Å²) in [5.41, 5.74) is 5.02. The molecule has 1 fully saturated rings. The molecule has 1 saturated carbocycles. The van der Waals surface area contributed by atoms with Gasteiger partial charge in [0.2, 0.25) is 0 Å². The van der Waals surface area contributed by atoms with E-state index < -0.39 is 23.8 Å². The zero-order chi connectivity index (χ0) is 26.1. The smallest absolute Gasteiger partial charge is 0.412 e. The summed E-state index contributed by atoms with van der Waals surface area (Å²) in [5, 5.41) is 2.72. The van der Waals surface area contributed by atoms with E-state index in [0.717, 1.165) is 33.7 Å². The molecule has 1 aromatic heterocycles. The first-order chi connectivity index (χ1) is 17.8. The van der Waals surface area contributed by atoms with Crippen molar-refractivity contribution in [2.24, 2.45) is 0 Å². The van der Waals surface area contributed by atoms with E-state index in [0.29, 0.717) is 27.3 Å². The fourth-order valence-corrected chi connectivity index (χ4v) is 5.40. The molecule has 0 bridgehead atoms. The Morgan fingerprint density at radius 1 is 1.00 bits per heavy atom. The zero-order valence-corrected chi connectivity index (χ0v) is 21.8. The molecule has 0 radical (unpaired) electrons. The molecule has 5 rings (SSSR count). The summed E-state index contributed by atoms with van der Waals surface area (Å²) in [6.45, 7) is 1.58. The Labute approximate surface area is 222 Å². The Bertz CT molecular complexity index is 1450. The molecular formula is C29H24ClF2NO3S. The Kier molecular flexibility index (Phi) is 7.17. The summed E-state index contributed by atoms with van der Waals surface area (Å²) in [6.07, 6.45) is 0.980. The van der Waals surface area contributed by atoms with Crippen molar-refractivity contribution in [1.29, 1.82) is 0 Å². The van der Waals surface area contributed by atoms with E-state index in [1.54, 1.807) is 20.1 Å². The average Bonchev–Trinajstić information content (AvgIpc) is 3.68. The quantitative estimate of drug-likeness (QED) is 0.254. The van der Waals surface area contributed by atoms with Gasteiger partial charge in [-0.15, -0.1) is 11.3 Å². The van der Waals surface area contributed by atoms with Crippen LogP contribution in [0.25, 0.3) is 21.6 Å². The van der Waals surface area contributed by atoms with Crippen molar-refractivity contribution in [1.82, 2.24) is 0 Å². The maximum absolute atomic E-state index is 13.6. The van der Waals surface area contributed by atoms with E-state index >= 15 is 0 Å². The van der Waals surface area contributed by atoms with Gasteiger partial charge in [0.15, 0.2) is 11.6 Å². The predicted molar refractivity (Wildman–Crippen MR) is 144 cm³/mol. The van der Waals surface area contributed by atoms with Crippen LogP contribution in [0.1, 0.15) is 42.9 Å². The maximum atomic E-state index is 13.6. The number of hydrogen-bond acceptors (Lipinski definition) is 4. The van der Waals surface area contributed by atoms with E-state index in [1.165, 1.54) is 35.8 Å². The van der Waals surface area contributed by atoms with Crippen molar-refractivity contribution in [2.75, 3.05) is 12.4 Å². The van der Waals surface area contributed by atoms with Crippen LogP contribution in [0.5, 0.6) is 5.75 Å². The minimum absolute atomic E-state index is 0.336. The molecule has 1 heterocycles. The minimum atomic E-state index is -1.00. The highest BCUT2D eigenvalue weighted by Gasteiger charge is 2.23. The van der Waals surface area contributed by atoms with Gasteiger partial charge in [0.25, 0.3) is 0 Å². The summed E-state index contributed by atoms with van der Waals surface area (Å²) in [6, 6.07) is 19.4. The second-order valence-electron chi connectivity index (χ2n) is 8.95. The number of halogens is 3. The maximum Gasteiger partial charge on any atom is 0.412 e. The summed E-state index contributed by atoms with van der Waals surface area (Å²) in [4.78, 5) is 13.4. The molecule has 1 unspecified atom stereocenters. The summed E-state index contributed by atoms with van der Waals surface area (Å²) >= 11 is 7.61. The van der Waals surface area contributed by atoms with Crippen molar-refractivity contribution < 1.29 is 23.0 Å². The first kappa shape index (κ1) is 25.2. The van der Waals surface area contributed by atoms with Gasteiger partial charge in [-0.3, -0.25) is 5.32 Å². The molecule has 37 heavy (non-hydrogen) atoms. The molecule has 1 aliphatic rings. The van der Waals surface area contributed by atoms with E-state index in [2.05, 4.69) is 29.6 Å². The molecular weight excluding hydrogens is 516 g/mol. The van der Waals surface area contributed by atoms with Crippen LogP contribution in [0.4, 0.5) is 19.3 Å². The number of benzene rings is 3. The lowest BCUT2D eigenvalue weighted by Gasteiger charge is -2.15. The number of thiophene rings is 1. The highest BCUT2D eigenvalue weighted by atomic mass is 35.5. The van der Waals surface area contributed by atoms with Crippen LogP contribution in [0, 0.1) is 11.6 Å². The highest BCUT2D eigenvalue weighted by Crippen LogP contribution is 2.44. The van der Waals surface area contributed by atoms with Gasteiger partial charge in [-0.05, 0) is 72.2 Å². The normalized spacial score (nSPS) is 13.8. The van der Waals surface area contributed by atoms with Crippen LogP contribution >= 0.6 is 22.9 Å². The summed E-state index contributed by atoms with van der Waals surface area (Å²) in [5.74, 6) is -0.577. The van der Waals surface area contributed by atoms with Gasteiger partial charge in [-0.25, -0.2) is 13.6 Å². The van der Waals surface area contributed by atoms with Crippen molar-refractivity contribution in [2.45, 2.75) is 31.8 Å². The fourth-order valence-electron chi connectivity index (χ4n) is 4.22. The van der Waals surface area contributed by atoms with Gasteiger partial charge >= 0.3 is 6.09 Å². The Balaban J connectivity index is 1.35. The third-order valence-corrected chi connectivity index (χ3v) is 7.68. The number of methoxy groups -OCH3 is 1. The molecule has 0 aliphatic heterocycles. The Hall–Kier alpha value is -3.42. The molecule has 1 amide bonds. The molecule has 8 heteroatoms. The molecule has 4 nitrogen and oxygen atoms in total. The number of nitrogens with one attached hydrogen (secondary N) is 1. The number of rotatable bonds is 7. The number of amides is 1. The second-order valence-corrected chi connectivity index (χ2v) is 10.6. The number of carbonyl (C=O) groups is 1. The fraction of sp³-hybridized carbons (Fsp3) is 0.207. The third kappa shape index (κ3) is 5.63. The minimum Gasteiger partial charge on any atom is -0.496 e. The standard InChI is InChI=1S/C29H24ClF2NO3S/c1-16(20-10-12-23(31)24(32)13-20)36-29(34)33-25-15-27(30)37-28(25)21-9-11-22(26(14-21)35-2)19-7-5-18(6-8-19)17-3-4-17/h5-17H,3-4H2,1-2H3,(H,33,34). The van der Waals surface area contributed by atoms with Crippen LogP contribution < -0.4 is 10.1 Å². The Morgan fingerprint density at radius 3 is 2.41 bits per heavy atom. The topological polar surface area (TPSA) is 47.6 Å². The van der Waals surface area contributed by atoms with Gasteiger partial charge in [-0.1, -0.05) is 54.1 Å². The second kappa shape index (κ2) is 10.5. The largest absolute Gasteiger partial charge is 0.496 e. The highest BCUT2D eigenvalue weighted by molar-refractivity contribution is 7.20. The van der Waals surface area contributed by atoms with E-state index in [-0.39, 0.29) is 0 Å². The van der Waals surface area contributed by atoms with E-state index in [4.69, 9.17) is 21.1 Å². The lowest BCUT2D eigenvalue weighted by atomic mass is 9.99. The molecule has 4 aromatic rings. The van der Waals surface area contributed by atoms with Crippen molar-refractivity contribution in [3.63, 3.8) is 0 Å². The van der Waals surface area contributed by atoms with Crippen LogP contribution in [0.3, 0.4) is 0 Å². The van der Waals surface area contributed by atoms with Crippen molar-refractivity contribution >= 4 is 34.7 Å². The average molecular weight is 540 g/mol. The van der Waals surface area contributed by atoms with Crippen LogP contribution in [-0.4, -0.2) is 13.2 Å². The molecule has 3 aromatic carbocycles. The molecule has 0 spiro atoms. The number of ether oxygens (including phenoxy) is 2. The zero-order valence-electron chi connectivity index (χ0n) is 20.2. The first-order valence-electron chi connectivity index (χ1n) is 11.8. The number of hydrogen-bond donors (Lipinski definition) is 1. The van der Waals surface area contributed by atoms with Gasteiger partial charge < -0.3 is 9.47 Å². The summed E-state index contributed by atoms with van der Waals surface area (Å²) in [7, 11) is 1.62. The molecule has 1 N–H and O–H groups in total. The molecule has 190 valence electrons. The van der Waals surface area contributed by atoms with Gasteiger partial charge in [0.05, 0.1) is 22.0 Å². The molecule has 1 atom stereocenters. The lowest BCUT2D eigenvalue weighted by molar-refractivity contribution is 0.121. The van der Waals surface area contributed by atoms with Gasteiger partial charge in [0, 0.05) is 5.56 Å². The van der Waals surface area contributed by atoms with Gasteiger partial charge in [0.1, 0.15) is 11.9 Å². The third-order valence-electron chi connectivity index (χ3n) is 6.37. The SMILES string of the molecule is COc1cc(-c2sc(Cl)cc2NC(=O)OC(C)c2ccc(F)c(F)c2)ccc1-c1ccc(C2CC2)cc1. The molecule has 0 saturated heterocycles. The number of carbonyl (C=O) groups excluding carboxylic acids is 1. The monoisotopic (exact) mass is 539 g/mol. The predicted octanol–water partition coefficient (Wildman–Crippen LogP) is 9.21. The van der Waals surface area contributed by atoms with E-state index in [1.807, 2.05) is 18.2 Å². The molecule has 1 aliphatic carbocycles. The van der Waals surface area contributed by atoms with Crippen LogP contribution in [0.2, 0.25) is 4.34 Å². The number of anilines is 1. The first-order valence-corrected chi connectivity index (χ1v) is 13.0. The Morgan fingerprint density at radius 2 is 1.73 bits per heavy atom. The van der Waals surface area contributed by atoms with Crippen molar-refractivity contribution in [3.8, 4) is 27.3 Å². The summed E-state index contributed by atoms with van der Waals surface area (Å²) < 4.78 is 38.4.